The van der Waals surface area contributed by atoms with E-state index in [1.54, 1.807) is 0 Å². The van der Waals surface area contributed by atoms with Crippen LogP contribution in [0.4, 0.5) is 0 Å². The van der Waals surface area contributed by atoms with Gasteiger partial charge in [-0.1, -0.05) is 78.3 Å². The normalized spacial score (nSPS) is 20.8. The summed E-state index contributed by atoms with van der Waals surface area (Å²) in [4.78, 5) is 47.7. The van der Waals surface area contributed by atoms with Gasteiger partial charge in [-0.15, -0.1) is 0 Å². The average Bonchev–Trinajstić information content (AvgIpc) is 2.88. The van der Waals surface area contributed by atoms with Gasteiger partial charge in [0.1, 0.15) is 0 Å². The highest BCUT2D eigenvalue weighted by atomic mass is 35.5. The Labute approximate surface area is 230 Å². The summed E-state index contributed by atoms with van der Waals surface area (Å²) in [6, 6.07) is 25.6. The second-order valence-corrected chi connectivity index (χ2v) is 10.1. The predicted octanol–water partition coefficient (Wildman–Crippen LogP) is 4.57. The number of rotatable bonds is 11. The van der Waals surface area contributed by atoms with Crippen molar-refractivity contribution in [2.24, 2.45) is 23.7 Å². The molecule has 3 aromatic rings. The molecule has 3 atom stereocenters. The molecule has 1 aliphatic rings. The van der Waals surface area contributed by atoms with Crippen molar-refractivity contribution in [2.45, 2.75) is 18.8 Å². The van der Waals surface area contributed by atoms with E-state index in [9.17, 15) is 34.5 Å². The number of nitrogens with one attached hydrogen (secondary N) is 1. The molecule has 3 aromatic carbocycles. The number of carbonyl (C=O) groups excluding carboxylic acids is 1. The molecule has 0 heterocycles. The average molecular weight is 550 g/mol. The third kappa shape index (κ3) is 6.29. The third-order valence-corrected chi connectivity index (χ3v) is 7.63. The van der Waals surface area contributed by atoms with Crippen molar-refractivity contribution in [3.8, 4) is 11.1 Å². The van der Waals surface area contributed by atoms with E-state index in [4.69, 9.17) is 11.6 Å². The molecule has 0 bridgehead atoms. The van der Waals surface area contributed by atoms with E-state index in [1.165, 1.54) is 0 Å². The van der Waals surface area contributed by atoms with Crippen LogP contribution < -0.4 is 5.32 Å². The highest BCUT2D eigenvalue weighted by Crippen LogP contribution is 2.47. The maximum absolute atomic E-state index is 12.9. The molecule has 0 saturated heterocycles. The van der Waals surface area contributed by atoms with Crippen LogP contribution in [0.15, 0.2) is 78.9 Å². The van der Waals surface area contributed by atoms with Crippen molar-refractivity contribution in [3.05, 3.63) is 95.0 Å². The van der Waals surface area contributed by atoms with Gasteiger partial charge < -0.3 is 20.6 Å². The van der Waals surface area contributed by atoms with Crippen LogP contribution in [0.25, 0.3) is 11.1 Å². The monoisotopic (exact) mass is 549 g/mol. The van der Waals surface area contributed by atoms with Crippen LogP contribution >= 0.6 is 11.6 Å². The fourth-order valence-electron chi connectivity index (χ4n) is 5.35. The lowest BCUT2D eigenvalue weighted by Crippen LogP contribution is -2.62. The molecule has 9 heteroatoms. The Bertz CT molecular complexity index is 1320. The molecule has 4 N–H and O–H groups in total. The largest absolute Gasteiger partial charge is 0.481 e. The van der Waals surface area contributed by atoms with E-state index in [1.807, 2.05) is 78.9 Å². The van der Waals surface area contributed by atoms with E-state index < -0.39 is 47.5 Å². The van der Waals surface area contributed by atoms with Crippen molar-refractivity contribution in [1.82, 2.24) is 5.32 Å². The molecular formula is C30H28ClNO7. The minimum absolute atomic E-state index is 0.0185. The van der Waals surface area contributed by atoms with Crippen molar-refractivity contribution in [2.75, 3.05) is 6.54 Å². The van der Waals surface area contributed by atoms with Gasteiger partial charge in [0.15, 0.2) is 0 Å². The molecular weight excluding hydrogens is 522 g/mol. The number of hydrogen-bond donors (Lipinski definition) is 4. The van der Waals surface area contributed by atoms with Gasteiger partial charge in [0.2, 0.25) is 5.91 Å². The standard InChI is InChI=1S/C30H28ClNO7/c31-22-12-6-17(7-13-22)16-21(20-10-8-19(9-11-20)18-4-2-1-3-5-18)14-15-32-27(33)23-24(28(34)35)26(30(38)39)25(23)29(36)37/h1-13,21,23-26H,14-16H2,(H,32,33)(H,34,35)(H,36,37)(H,38,39). The summed E-state index contributed by atoms with van der Waals surface area (Å²) in [7, 11) is 0. The molecule has 0 spiro atoms. The van der Waals surface area contributed by atoms with Crippen LogP contribution in [0.1, 0.15) is 23.5 Å². The molecule has 39 heavy (non-hydrogen) atoms. The van der Waals surface area contributed by atoms with Gasteiger partial charge in [-0.2, -0.15) is 0 Å². The number of carboxylic acid groups (broad SMARTS) is 3. The maximum atomic E-state index is 12.9. The molecule has 1 saturated carbocycles. The fraction of sp³-hybridized carbons (Fsp3) is 0.267. The number of carboxylic acids is 3. The smallest absolute Gasteiger partial charge is 0.308 e. The number of halogens is 1. The van der Waals surface area contributed by atoms with Crippen LogP contribution in [0, 0.1) is 23.7 Å². The van der Waals surface area contributed by atoms with Crippen LogP contribution in [0.2, 0.25) is 5.02 Å². The van der Waals surface area contributed by atoms with Gasteiger partial charge in [0.05, 0.1) is 23.7 Å². The Balaban J connectivity index is 1.49. The minimum Gasteiger partial charge on any atom is -0.481 e. The number of amides is 1. The topological polar surface area (TPSA) is 141 Å². The molecule has 0 aromatic heterocycles. The Morgan fingerprint density at radius 2 is 1.21 bits per heavy atom. The highest BCUT2D eigenvalue weighted by Gasteiger charge is 2.63. The second-order valence-electron chi connectivity index (χ2n) is 9.71. The van der Waals surface area contributed by atoms with E-state index in [0.717, 1.165) is 22.3 Å². The Morgan fingerprint density at radius 3 is 1.74 bits per heavy atom. The van der Waals surface area contributed by atoms with E-state index >= 15 is 0 Å². The predicted molar refractivity (Wildman–Crippen MR) is 144 cm³/mol. The summed E-state index contributed by atoms with van der Waals surface area (Å²) in [5.74, 6) is -11.6. The van der Waals surface area contributed by atoms with Crippen molar-refractivity contribution >= 4 is 35.4 Å². The first-order valence-corrected chi connectivity index (χ1v) is 12.9. The first-order chi connectivity index (χ1) is 18.7. The number of benzene rings is 3. The second kappa shape index (κ2) is 12.1. The highest BCUT2D eigenvalue weighted by molar-refractivity contribution is 6.30. The van der Waals surface area contributed by atoms with Gasteiger partial charge in [-0.3, -0.25) is 19.2 Å². The lowest BCUT2D eigenvalue weighted by atomic mass is 9.56. The van der Waals surface area contributed by atoms with Crippen LogP contribution in [0.5, 0.6) is 0 Å². The lowest BCUT2D eigenvalue weighted by molar-refractivity contribution is -0.187. The van der Waals surface area contributed by atoms with E-state index in [2.05, 4.69) is 5.32 Å². The lowest BCUT2D eigenvalue weighted by Gasteiger charge is -2.43. The van der Waals surface area contributed by atoms with Crippen molar-refractivity contribution < 1.29 is 34.5 Å². The van der Waals surface area contributed by atoms with Crippen molar-refractivity contribution in [1.29, 1.82) is 0 Å². The number of carbonyl (C=O) groups is 4. The Morgan fingerprint density at radius 1 is 0.692 bits per heavy atom. The van der Waals surface area contributed by atoms with Crippen LogP contribution in [-0.4, -0.2) is 45.7 Å². The molecule has 0 aliphatic heterocycles. The summed E-state index contributed by atoms with van der Waals surface area (Å²) in [6.07, 6.45) is 1.14. The Kier molecular flexibility index (Phi) is 8.66. The van der Waals surface area contributed by atoms with Gasteiger partial charge >= 0.3 is 17.9 Å². The van der Waals surface area contributed by atoms with Crippen molar-refractivity contribution in [3.63, 3.8) is 0 Å². The first kappa shape index (κ1) is 27.9. The van der Waals surface area contributed by atoms with E-state index in [-0.39, 0.29) is 12.5 Å². The molecule has 202 valence electrons. The minimum atomic E-state index is -1.66. The van der Waals surface area contributed by atoms with Gasteiger partial charge in [0.25, 0.3) is 0 Å². The summed E-state index contributed by atoms with van der Waals surface area (Å²) in [5.41, 5.74) is 4.24. The quantitative estimate of drug-likeness (QED) is 0.274. The third-order valence-electron chi connectivity index (χ3n) is 7.38. The SMILES string of the molecule is O=C(O)C1C(C(=O)O)C(C(=O)NCCC(Cc2ccc(Cl)cc2)c2ccc(-c3ccccc3)cc2)C1C(=O)O. The van der Waals surface area contributed by atoms with Crippen LogP contribution in [-0.2, 0) is 25.6 Å². The molecule has 1 fully saturated rings. The molecule has 3 unspecified atom stereocenters. The zero-order chi connectivity index (χ0) is 28.1. The summed E-state index contributed by atoms with van der Waals surface area (Å²) < 4.78 is 0. The molecule has 1 amide bonds. The zero-order valence-corrected chi connectivity index (χ0v) is 21.6. The molecule has 8 nitrogen and oxygen atoms in total. The summed E-state index contributed by atoms with van der Waals surface area (Å²) in [6.45, 7) is 0.157. The first-order valence-electron chi connectivity index (χ1n) is 12.5. The number of hydrogen-bond acceptors (Lipinski definition) is 4. The molecule has 1 aliphatic carbocycles. The number of aliphatic carboxylic acids is 3. The van der Waals surface area contributed by atoms with Gasteiger partial charge in [0, 0.05) is 11.6 Å². The summed E-state index contributed by atoms with van der Waals surface area (Å²) >= 11 is 6.04. The molecule has 4 rings (SSSR count). The molecule has 0 radical (unpaired) electrons. The fourth-order valence-corrected chi connectivity index (χ4v) is 5.48. The zero-order valence-electron chi connectivity index (χ0n) is 20.9. The van der Waals surface area contributed by atoms with E-state index in [0.29, 0.717) is 17.9 Å². The maximum Gasteiger partial charge on any atom is 0.308 e. The van der Waals surface area contributed by atoms with Gasteiger partial charge in [-0.25, -0.2) is 0 Å². The Hall–Kier alpha value is -4.17. The summed E-state index contributed by atoms with van der Waals surface area (Å²) in [5, 5.41) is 31.6. The van der Waals surface area contributed by atoms with Gasteiger partial charge in [-0.05, 0) is 53.1 Å². The van der Waals surface area contributed by atoms with Crippen LogP contribution in [0.3, 0.4) is 0 Å².